The maximum atomic E-state index is 13.8. The lowest BCUT2D eigenvalue weighted by molar-refractivity contribution is -0.138. The van der Waals surface area contributed by atoms with Gasteiger partial charge < -0.3 is 25.4 Å². The molecule has 312 valence electrons. The lowest BCUT2D eigenvalue weighted by Gasteiger charge is -2.40. The molecule has 1 unspecified atom stereocenters. The van der Waals surface area contributed by atoms with Crippen molar-refractivity contribution in [3.8, 4) is 11.8 Å². The topological polar surface area (TPSA) is 171 Å². The fraction of sp³-hybridized carbons (Fsp3) is 0.415. The van der Waals surface area contributed by atoms with Gasteiger partial charge in [-0.25, -0.2) is 0 Å². The number of piperazine rings is 1. The molecule has 0 aliphatic carbocycles. The van der Waals surface area contributed by atoms with Gasteiger partial charge in [0.2, 0.25) is 17.7 Å². The molecule has 3 aliphatic heterocycles. The Balaban J connectivity index is 1.03. The summed E-state index contributed by atoms with van der Waals surface area (Å²) >= 11 is 5.70. The van der Waals surface area contributed by atoms with E-state index in [2.05, 4.69) is 20.9 Å². The number of aliphatic hydroxyl groups is 1. The SMILES string of the molecule is CCc1cc(N2C(=S)N(c3ccc(C#N)c(C(F)(F)F)c3)C(=O)C2(C)C)ccc1OCCN1CCN(CC(=O)Nc2cccc(NC3CCC(=O)NC3=O)c2)C[C@H]1CO. The van der Waals surface area contributed by atoms with Crippen molar-refractivity contribution in [1.29, 1.82) is 5.26 Å². The minimum Gasteiger partial charge on any atom is -0.492 e. The van der Waals surface area contributed by atoms with Gasteiger partial charge in [0, 0.05) is 55.7 Å². The number of piperidine rings is 1. The second-order valence-corrected chi connectivity index (χ2v) is 15.4. The van der Waals surface area contributed by atoms with E-state index < -0.39 is 34.8 Å². The number of nitrogens with one attached hydrogen (secondary N) is 3. The number of amides is 4. The molecular weight excluding hydrogens is 790 g/mol. The van der Waals surface area contributed by atoms with Crippen LogP contribution in [0.1, 0.15) is 50.3 Å². The minimum atomic E-state index is -4.81. The zero-order chi connectivity index (χ0) is 42.6. The van der Waals surface area contributed by atoms with E-state index in [1.807, 2.05) is 17.9 Å². The number of ether oxygens (including phenoxy) is 1. The summed E-state index contributed by atoms with van der Waals surface area (Å²) in [6.07, 6.45) is -3.62. The number of imide groups is 1. The van der Waals surface area contributed by atoms with Gasteiger partial charge in [0.25, 0.3) is 5.91 Å². The number of rotatable bonds is 13. The van der Waals surface area contributed by atoms with E-state index in [9.17, 15) is 42.7 Å². The molecule has 0 bridgehead atoms. The summed E-state index contributed by atoms with van der Waals surface area (Å²) < 4.78 is 47.6. The zero-order valence-electron chi connectivity index (χ0n) is 32.8. The Morgan fingerprint density at radius 3 is 2.51 bits per heavy atom. The van der Waals surface area contributed by atoms with Crippen molar-refractivity contribution >= 4 is 63.7 Å². The maximum Gasteiger partial charge on any atom is 0.417 e. The number of benzene rings is 3. The molecule has 6 rings (SSSR count). The van der Waals surface area contributed by atoms with Crippen molar-refractivity contribution in [2.75, 3.05) is 66.4 Å². The molecule has 18 heteroatoms. The number of alkyl halides is 3. The van der Waals surface area contributed by atoms with Crippen LogP contribution in [0.15, 0.2) is 60.7 Å². The average molecular weight is 835 g/mol. The number of halogens is 3. The average Bonchev–Trinajstić information content (AvgIpc) is 3.37. The van der Waals surface area contributed by atoms with E-state index in [1.54, 1.807) is 61.2 Å². The van der Waals surface area contributed by atoms with Crippen molar-refractivity contribution in [2.45, 2.75) is 63.8 Å². The molecule has 3 aromatic rings. The summed E-state index contributed by atoms with van der Waals surface area (Å²) in [5, 5.41) is 27.8. The van der Waals surface area contributed by atoms with Crippen LogP contribution in [0.5, 0.6) is 5.75 Å². The quantitative estimate of drug-likeness (QED) is 0.143. The molecule has 0 spiro atoms. The molecule has 0 saturated carbocycles. The normalized spacial score (nSPS) is 20.0. The first kappa shape index (κ1) is 43.0. The van der Waals surface area contributed by atoms with E-state index in [-0.39, 0.29) is 54.1 Å². The zero-order valence-corrected chi connectivity index (χ0v) is 33.6. The van der Waals surface area contributed by atoms with Gasteiger partial charge in [-0.3, -0.25) is 39.2 Å². The number of nitrogens with zero attached hydrogens (tertiary/aromatic N) is 5. The maximum absolute atomic E-state index is 13.8. The third kappa shape index (κ3) is 9.49. The predicted molar refractivity (Wildman–Crippen MR) is 218 cm³/mol. The van der Waals surface area contributed by atoms with Crippen molar-refractivity contribution in [1.82, 2.24) is 15.1 Å². The van der Waals surface area contributed by atoms with Gasteiger partial charge in [0.15, 0.2) is 5.11 Å². The second kappa shape index (κ2) is 17.7. The van der Waals surface area contributed by atoms with E-state index in [4.69, 9.17) is 17.0 Å². The molecule has 3 saturated heterocycles. The third-order valence-electron chi connectivity index (χ3n) is 10.7. The van der Waals surface area contributed by atoms with Gasteiger partial charge in [-0.05, 0) is 99.1 Å². The number of aliphatic hydroxyl groups excluding tert-OH is 1. The molecule has 14 nitrogen and oxygen atoms in total. The Hall–Kier alpha value is -5.61. The monoisotopic (exact) mass is 834 g/mol. The van der Waals surface area contributed by atoms with Crippen LogP contribution in [0.4, 0.5) is 35.9 Å². The first-order valence-electron chi connectivity index (χ1n) is 19.2. The van der Waals surface area contributed by atoms with E-state index in [0.717, 1.165) is 22.6 Å². The summed E-state index contributed by atoms with van der Waals surface area (Å²) in [6, 6.07) is 16.2. The molecule has 0 aromatic heterocycles. The molecule has 3 aromatic carbocycles. The summed E-state index contributed by atoms with van der Waals surface area (Å²) in [7, 11) is 0. The van der Waals surface area contributed by atoms with Crippen molar-refractivity contribution in [3.63, 3.8) is 0 Å². The third-order valence-corrected chi connectivity index (χ3v) is 11.0. The van der Waals surface area contributed by atoms with Crippen LogP contribution in [0.2, 0.25) is 0 Å². The molecule has 2 atom stereocenters. The highest BCUT2D eigenvalue weighted by Crippen LogP contribution is 2.40. The van der Waals surface area contributed by atoms with Gasteiger partial charge >= 0.3 is 6.18 Å². The molecule has 3 aliphatic rings. The summed E-state index contributed by atoms with van der Waals surface area (Å²) in [4.78, 5) is 57.1. The predicted octanol–water partition coefficient (Wildman–Crippen LogP) is 4.27. The molecule has 0 radical (unpaired) electrons. The Morgan fingerprint density at radius 2 is 1.81 bits per heavy atom. The smallest absolute Gasteiger partial charge is 0.417 e. The van der Waals surface area contributed by atoms with Crippen LogP contribution in [-0.2, 0) is 31.8 Å². The van der Waals surface area contributed by atoms with Crippen molar-refractivity contribution < 1.29 is 42.2 Å². The molecule has 3 fully saturated rings. The van der Waals surface area contributed by atoms with Gasteiger partial charge in [0.05, 0.1) is 36.0 Å². The Morgan fingerprint density at radius 1 is 1.07 bits per heavy atom. The molecule has 4 amide bonds. The van der Waals surface area contributed by atoms with Gasteiger partial charge in [-0.1, -0.05) is 13.0 Å². The molecule has 59 heavy (non-hydrogen) atoms. The number of hydrogen-bond acceptors (Lipinski definition) is 11. The van der Waals surface area contributed by atoms with Crippen LogP contribution in [0.3, 0.4) is 0 Å². The van der Waals surface area contributed by atoms with Crippen LogP contribution in [-0.4, -0.2) is 107 Å². The largest absolute Gasteiger partial charge is 0.492 e. The minimum absolute atomic E-state index is 0.00578. The first-order valence-corrected chi connectivity index (χ1v) is 19.6. The molecular formula is C41H45F3N8O6S. The van der Waals surface area contributed by atoms with E-state index in [0.29, 0.717) is 68.4 Å². The first-order chi connectivity index (χ1) is 28.0. The van der Waals surface area contributed by atoms with Gasteiger partial charge in [0.1, 0.15) is 23.9 Å². The highest BCUT2D eigenvalue weighted by atomic mass is 32.1. The molecule has 3 heterocycles. The fourth-order valence-corrected chi connectivity index (χ4v) is 8.07. The van der Waals surface area contributed by atoms with Gasteiger partial charge in [-0.2, -0.15) is 18.4 Å². The molecule has 4 N–H and O–H groups in total. The number of carbonyl (C=O) groups is 4. The van der Waals surface area contributed by atoms with Crippen molar-refractivity contribution in [2.24, 2.45) is 0 Å². The van der Waals surface area contributed by atoms with E-state index in [1.165, 1.54) is 6.07 Å². The highest BCUT2D eigenvalue weighted by Gasteiger charge is 2.51. The summed E-state index contributed by atoms with van der Waals surface area (Å²) in [6.45, 7) is 7.63. The number of aryl methyl sites for hydroxylation is 1. The van der Waals surface area contributed by atoms with Crippen LogP contribution < -0.4 is 30.5 Å². The highest BCUT2D eigenvalue weighted by molar-refractivity contribution is 7.81. The second-order valence-electron chi connectivity index (χ2n) is 15.0. The lowest BCUT2D eigenvalue weighted by atomic mass is 10.0. The summed E-state index contributed by atoms with van der Waals surface area (Å²) in [5.74, 6) is -0.832. The number of anilines is 4. The number of thiocarbonyl (C=S) groups is 1. The Labute approximate surface area is 344 Å². The standard InChI is InChI=1S/C41H45F3N8O6S/c1-4-25-18-30(52-39(59)51(38(57)40(52,2)3)29-9-8-26(21-45)32(20-29)41(42,43)44)10-12-34(25)58-17-16-50-15-14-49(22-31(50)24-53)23-36(55)47-28-7-5-6-27(19-28)46-33-11-13-35(54)48-37(33)56/h5-10,12,18-20,31,33,46,53H,4,11,13-17,22-24H2,1-3H3,(H,47,55)(H,48,54,56)/t31-,33?/m0/s1. The summed E-state index contributed by atoms with van der Waals surface area (Å²) in [5.41, 5.74) is -0.499. The Kier molecular flexibility index (Phi) is 12.9. The lowest BCUT2D eigenvalue weighted by Crippen LogP contribution is -2.56. The van der Waals surface area contributed by atoms with Crippen molar-refractivity contribution in [3.05, 3.63) is 77.4 Å². The number of nitriles is 1. The van der Waals surface area contributed by atoms with Crippen LogP contribution in [0.25, 0.3) is 0 Å². The van der Waals surface area contributed by atoms with Crippen LogP contribution in [0, 0.1) is 11.3 Å². The number of hydrogen-bond donors (Lipinski definition) is 4. The fourth-order valence-electron chi connectivity index (χ4n) is 7.55. The Bertz CT molecular complexity index is 2180. The van der Waals surface area contributed by atoms with E-state index >= 15 is 0 Å². The van der Waals surface area contributed by atoms with Gasteiger partial charge in [-0.15, -0.1) is 0 Å². The van der Waals surface area contributed by atoms with Crippen LogP contribution >= 0.6 is 12.2 Å². The number of carbonyl (C=O) groups excluding carboxylic acids is 4.